The molecule has 0 amide bonds. The maximum Gasteiger partial charge on any atom is 0.193 e. The van der Waals surface area contributed by atoms with Crippen LogP contribution in [0.2, 0.25) is 0 Å². The number of likely N-dealkylation sites (tertiary alicyclic amines) is 3. The molecule has 0 saturated carbocycles. The minimum Gasteiger partial charge on any atom is -0.355 e. The first-order valence-corrected chi connectivity index (χ1v) is 11.8. The second-order valence-corrected chi connectivity index (χ2v) is 9.14. The van der Waals surface area contributed by atoms with Gasteiger partial charge in [-0.1, -0.05) is 36.8 Å². The molecule has 4 rings (SSSR count). The first-order chi connectivity index (χ1) is 14.3. The maximum absolute atomic E-state index is 4.62. The molecule has 3 aliphatic heterocycles. The second kappa shape index (κ2) is 10.4. The van der Waals surface area contributed by atoms with Crippen molar-refractivity contribution in [1.29, 1.82) is 0 Å². The summed E-state index contributed by atoms with van der Waals surface area (Å²) in [6.07, 6.45) is 8.10. The molecule has 3 saturated heterocycles. The number of hydrogen-bond donors (Lipinski definition) is 1. The third-order valence-corrected chi connectivity index (χ3v) is 6.99. The van der Waals surface area contributed by atoms with Crippen LogP contribution in [0.4, 0.5) is 0 Å². The van der Waals surface area contributed by atoms with Crippen molar-refractivity contribution in [3.8, 4) is 0 Å². The smallest absolute Gasteiger partial charge is 0.193 e. The van der Waals surface area contributed by atoms with Gasteiger partial charge in [-0.05, 0) is 63.2 Å². The molecule has 2 atom stereocenters. The highest BCUT2D eigenvalue weighted by Gasteiger charge is 2.29. The van der Waals surface area contributed by atoms with E-state index in [4.69, 9.17) is 0 Å². The number of aliphatic imine (C=N–C) groups is 1. The standard InChI is InChI=1S/C24H39N5/c1-25-24(29-16-12-22(20-29)18-27-13-6-3-7-14-27)26-17-23-11-8-15-28(23)19-21-9-4-2-5-10-21/h2,4-5,9-10,22-23H,3,6-8,11-20H2,1H3,(H,25,26). The molecule has 3 aliphatic rings. The Morgan fingerprint density at radius 3 is 2.62 bits per heavy atom. The lowest BCUT2D eigenvalue weighted by Crippen LogP contribution is -2.46. The van der Waals surface area contributed by atoms with Crippen molar-refractivity contribution in [3.63, 3.8) is 0 Å². The molecule has 1 aromatic carbocycles. The van der Waals surface area contributed by atoms with Crippen LogP contribution in [0, 0.1) is 5.92 Å². The number of rotatable bonds is 6. The molecular formula is C24H39N5. The summed E-state index contributed by atoms with van der Waals surface area (Å²) in [6, 6.07) is 11.5. The largest absolute Gasteiger partial charge is 0.355 e. The molecule has 0 aliphatic carbocycles. The third kappa shape index (κ3) is 5.73. The van der Waals surface area contributed by atoms with Gasteiger partial charge in [-0.3, -0.25) is 9.89 Å². The molecule has 0 aromatic heterocycles. The first-order valence-electron chi connectivity index (χ1n) is 11.8. The van der Waals surface area contributed by atoms with Gasteiger partial charge < -0.3 is 15.1 Å². The van der Waals surface area contributed by atoms with E-state index in [2.05, 4.69) is 55.3 Å². The molecule has 0 radical (unpaired) electrons. The van der Waals surface area contributed by atoms with Crippen LogP contribution in [-0.4, -0.2) is 79.6 Å². The Balaban J connectivity index is 1.24. The van der Waals surface area contributed by atoms with E-state index in [1.54, 1.807) is 0 Å². The van der Waals surface area contributed by atoms with Gasteiger partial charge in [-0.2, -0.15) is 0 Å². The average molecular weight is 398 g/mol. The van der Waals surface area contributed by atoms with Gasteiger partial charge in [0.25, 0.3) is 0 Å². The number of nitrogens with zero attached hydrogens (tertiary/aromatic N) is 4. The Hall–Kier alpha value is -1.59. The van der Waals surface area contributed by atoms with Crippen LogP contribution in [0.1, 0.15) is 44.1 Å². The van der Waals surface area contributed by atoms with Gasteiger partial charge in [-0.25, -0.2) is 0 Å². The zero-order valence-electron chi connectivity index (χ0n) is 18.2. The van der Waals surface area contributed by atoms with E-state index in [1.807, 2.05) is 7.05 Å². The zero-order chi connectivity index (χ0) is 19.9. The van der Waals surface area contributed by atoms with Crippen LogP contribution in [0.5, 0.6) is 0 Å². The molecule has 3 fully saturated rings. The summed E-state index contributed by atoms with van der Waals surface area (Å²) in [5.74, 6) is 1.91. The fourth-order valence-electron chi connectivity index (χ4n) is 5.37. The van der Waals surface area contributed by atoms with E-state index in [-0.39, 0.29) is 0 Å². The van der Waals surface area contributed by atoms with Crippen LogP contribution >= 0.6 is 0 Å². The summed E-state index contributed by atoms with van der Waals surface area (Å²) in [4.78, 5) is 12.4. The van der Waals surface area contributed by atoms with E-state index < -0.39 is 0 Å². The molecule has 5 heteroatoms. The Morgan fingerprint density at radius 1 is 1.00 bits per heavy atom. The molecular weight excluding hydrogens is 358 g/mol. The quantitative estimate of drug-likeness (QED) is 0.591. The van der Waals surface area contributed by atoms with Crippen LogP contribution in [-0.2, 0) is 6.54 Å². The van der Waals surface area contributed by atoms with Crippen molar-refractivity contribution >= 4 is 5.96 Å². The number of guanidine groups is 1. The fourth-order valence-corrected chi connectivity index (χ4v) is 5.37. The monoisotopic (exact) mass is 397 g/mol. The molecule has 160 valence electrons. The minimum absolute atomic E-state index is 0.610. The topological polar surface area (TPSA) is 34.1 Å². The van der Waals surface area contributed by atoms with Gasteiger partial charge in [0.15, 0.2) is 5.96 Å². The summed E-state index contributed by atoms with van der Waals surface area (Å²) in [5.41, 5.74) is 1.42. The van der Waals surface area contributed by atoms with E-state index in [1.165, 1.54) is 70.3 Å². The predicted molar refractivity (Wildman–Crippen MR) is 121 cm³/mol. The van der Waals surface area contributed by atoms with E-state index in [0.717, 1.165) is 38.1 Å². The normalized spacial score (nSPS) is 26.9. The summed E-state index contributed by atoms with van der Waals surface area (Å²) in [7, 11) is 1.94. The number of nitrogens with one attached hydrogen (secondary N) is 1. The Morgan fingerprint density at radius 2 is 1.83 bits per heavy atom. The Kier molecular flexibility index (Phi) is 7.44. The first kappa shape index (κ1) is 20.7. The van der Waals surface area contributed by atoms with Crippen LogP contribution in [0.3, 0.4) is 0 Å². The SMILES string of the molecule is CN=C(NCC1CCCN1Cc1ccccc1)N1CCC(CN2CCCCC2)C1. The zero-order valence-corrected chi connectivity index (χ0v) is 18.2. The van der Waals surface area contributed by atoms with Crippen LogP contribution < -0.4 is 5.32 Å². The highest BCUT2D eigenvalue weighted by Crippen LogP contribution is 2.21. The number of hydrogen-bond acceptors (Lipinski definition) is 3. The lowest BCUT2D eigenvalue weighted by atomic mass is 10.1. The van der Waals surface area contributed by atoms with Crippen molar-refractivity contribution in [2.75, 3.05) is 52.9 Å². The van der Waals surface area contributed by atoms with Crippen molar-refractivity contribution in [2.24, 2.45) is 10.9 Å². The highest BCUT2D eigenvalue weighted by molar-refractivity contribution is 5.80. The van der Waals surface area contributed by atoms with E-state index in [0.29, 0.717) is 6.04 Å². The summed E-state index contributed by atoms with van der Waals surface area (Å²) in [5, 5.41) is 3.71. The third-order valence-electron chi connectivity index (χ3n) is 6.99. The fraction of sp³-hybridized carbons (Fsp3) is 0.708. The maximum atomic E-state index is 4.62. The molecule has 5 nitrogen and oxygen atoms in total. The summed E-state index contributed by atoms with van der Waals surface area (Å²) in [6.45, 7) is 9.48. The van der Waals surface area contributed by atoms with Crippen molar-refractivity contribution in [1.82, 2.24) is 20.0 Å². The van der Waals surface area contributed by atoms with Crippen molar-refractivity contribution in [3.05, 3.63) is 35.9 Å². The second-order valence-electron chi connectivity index (χ2n) is 9.14. The van der Waals surface area contributed by atoms with E-state index >= 15 is 0 Å². The van der Waals surface area contributed by atoms with Gasteiger partial charge >= 0.3 is 0 Å². The average Bonchev–Trinajstić information content (AvgIpc) is 3.40. The van der Waals surface area contributed by atoms with Gasteiger partial charge in [0.2, 0.25) is 0 Å². The van der Waals surface area contributed by atoms with Crippen LogP contribution in [0.15, 0.2) is 35.3 Å². The summed E-state index contributed by atoms with van der Waals surface area (Å²) >= 11 is 0. The lowest BCUT2D eigenvalue weighted by Gasteiger charge is -2.30. The lowest BCUT2D eigenvalue weighted by molar-refractivity contribution is 0.198. The number of piperidine rings is 1. The molecule has 1 aromatic rings. The Bertz CT molecular complexity index is 640. The van der Waals surface area contributed by atoms with Gasteiger partial charge in [0.05, 0.1) is 0 Å². The predicted octanol–water partition coefficient (Wildman–Crippen LogP) is 3.03. The van der Waals surface area contributed by atoms with Gasteiger partial charge in [0.1, 0.15) is 0 Å². The summed E-state index contributed by atoms with van der Waals surface area (Å²) < 4.78 is 0. The minimum atomic E-state index is 0.610. The molecule has 1 N–H and O–H groups in total. The Labute approximate surface area is 177 Å². The van der Waals surface area contributed by atoms with Crippen molar-refractivity contribution < 1.29 is 0 Å². The van der Waals surface area contributed by atoms with Gasteiger partial charge in [-0.15, -0.1) is 0 Å². The van der Waals surface area contributed by atoms with Crippen molar-refractivity contribution in [2.45, 2.75) is 51.1 Å². The molecule has 3 heterocycles. The molecule has 29 heavy (non-hydrogen) atoms. The van der Waals surface area contributed by atoms with Crippen LogP contribution in [0.25, 0.3) is 0 Å². The van der Waals surface area contributed by atoms with E-state index in [9.17, 15) is 0 Å². The molecule has 0 spiro atoms. The van der Waals surface area contributed by atoms with Gasteiger partial charge in [0, 0.05) is 45.8 Å². The number of benzene rings is 1. The molecule has 0 bridgehead atoms. The highest BCUT2D eigenvalue weighted by atomic mass is 15.3. The molecule has 2 unspecified atom stereocenters.